The Balaban J connectivity index is 1.72. The first-order valence-corrected chi connectivity index (χ1v) is 8.76. The van der Waals surface area contributed by atoms with Crippen LogP contribution in [0.15, 0.2) is 66.7 Å². The fraction of sp³-hybridized carbons (Fsp3) is 0.0952. The molecule has 1 heterocycles. The molecule has 3 aromatic carbocycles. The highest BCUT2D eigenvalue weighted by Gasteiger charge is 2.35. The maximum absolute atomic E-state index is 13.1. The lowest BCUT2D eigenvalue weighted by atomic mass is 9.87. The number of hydrogen-bond acceptors (Lipinski definition) is 2. The lowest BCUT2D eigenvalue weighted by Gasteiger charge is -2.27. The van der Waals surface area contributed by atoms with E-state index in [1.807, 2.05) is 0 Å². The summed E-state index contributed by atoms with van der Waals surface area (Å²) in [7, 11) is 0. The third kappa shape index (κ3) is 3.31. The first-order chi connectivity index (χ1) is 13.3. The van der Waals surface area contributed by atoms with Crippen LogP contribution < -0.4 is 10.1 Å². The van der Waals surface area contributed by atoms with Crippen LogP contribution in [0.1, 0.15) is 22.6 Å². The van der Waals surface area contributed by atoms with E-state index in [-0.39, 0.29) is 5.69 Å². The average Bonchev–Trinajstić information content (AvgIpc) is 2.66. The van der Waals surface area contributed by atoms with Crippen molar-refractivity contribution in [3.8, 4) is 11.5 Å². The molecule has 1 aliphatic heterocycles. The highest BCUT2D eigenvalue weighted by Crippen LogP contribution is 2.44. The number of carbonyl (C=O) groups excluding carboxylic acids is 1. The number of carbonyl (C=O) groups is 1. The molecule has 0 unspecified atom stereocenters. The molecular formula is C21H13ClF3NO2. The number of benzene rings is 3. The zero-order chi connectivity index (χ0) is 19.9. The minimum Gasteiger partial charge on any atom is -0.457 e. The van der Waals surface area contributed by atoms with Gasteiger partial charge in [-0.25, -0.2) is 0 Å². The molecule has 0 fully saturated rings. The van der Waals surface area contributed by atoms with E-state index >= 15 is 0 Å². The molecular weight excluding hydrogens is 391 g/mol. The zero-order valence-corrected chi connectivity index (χ0v) is 15.0. The van der Waals surface area contributed by atoms with Gasteiger partial charge in [0.1, 0.15) is 11.5 Å². The number of para-hydroxylation sites is 2. The third-order valence-electron chi connectivity index (χ3n) is 4.48. The standard InChI is InChI=1S/C21H13ClF3NO2/c22-16-10-9-12(11-15(16)21(23,24)25)26-20(27)19-13-5-1-3-7-17(13)28-18-8-4-2-6-14(18)19/h1-11,19H,(H,26,27). The average molecular weight is 404 g/mol. The molecule has 28 heavy (non-hydrogen) atoms. The summed E-state index contributed by atoms with van der Waals surface area (Å²) in [4.78, 5) is 13.1. The van der Waals surface area contributed by atoms with Crippen molar-refractivity contribution in [3.63, 3.8) is 0 Å². The summed E-state index contributed by atoms with van der Waals surface area (Å²) < 4.78 is 45.1. The van der Waals surface area contributed by atoms with Crippen LogP contribution in [0.2, 0.25) is 5.02 Å². The Morgan fingerprint density at radius 1 is 0.929 bits per heavy atom. The minimum absolute atomic E-state index is 0.0168. The first kappa shape index (κ1) is 18.4. The normalized spacial score (nSPS) is 13.3. The van der Waals surface area contributed by atoms with Crippen molar-refractivity contribution in [2.75, 3.05) is 5.32 Å². The largest absolute Gasteiger partial charge is 0.457 e. The number of hydrogen-bond donors (Lipinski definition) is 1. The highest BCUT2D eigenvalue weighted by molar-refractivity contribution is 6.31. The summed E-state index contributed by atoms with van der Waals surface area (Å²) in [5.41, 5.74) is 0.301. The number of halogens is 4. The van der Waals surface area contributed by atoms with Crippen molar-refractivity contribution < 1.29 is 22.7 Å². The molecule has 0 atom stereocenters. The summed E-state index contributed by atoms with van der Waals surface area (Å²) >= 11 is 5.65. The van der Waals surface area contributed by atoms with E-state index in [1.165, 1.54) is 6.07 Å². The van der Waals surface area contributed by atoms with Gasteiger partial charge in [0.25, 0.3) is 0 Å². The van der Waals surface area contributed by atoms with Crippen molar-refractivity contribution in [1.29, 1.82) is 0 Å². The monoisotopic (exact) mass is 403 g/mol. The molecule has 0 saturated carbocycles. The first-order valence-electron chi connectivity index (χ1n) is 8.38. The van der Waals surface area contributed by atoms with Gasteiger partial charge in [-0.3, -0.25) is 4.79 Å². The maximum Gasteiger partial charge on any atom is 0.417 e. The molecule has 0 saturated heterocycles. The second-order valence-corrected chi connectivity index (χ2v) is 6.70. The van der Waals surface area contributed by atoms with E-state index in [9.17, 15) is 18.0 Å². The Labute approximate surface area is 163 Å². The molecule has 0 aliphatic carbocycles. The second-order valence-electron chi connectivity index (χ2n) is 6.29. The van der Waals surface area contributed by atoms with Gasteiger partial charge in [-0.1, -0.05) is 48.0 Å². The Hall–Kier alpha value is -2.99. The predicted octanol–water partition coefficient (Wildman–Crippen LogP) is 6.24. The number of ether oxygens (including phenoxy) is 1. The van der Waals surface area contributed by atoms with Gasteiger partial charge in [0, 0.05) is 16.8 Å². The molecule has 7 heteroatoms. The summed E-state index contributed by atoms with van der Waals surface area (Å²) in [5, 5.41) is 2.16. The van der Waals surface area contributed by atoms with Gasteiger partial charge in [-0.2, -0.15) is 13.2 Å². The van der Waals surface area contributed by atoms with Gasteiger partial charge in [0.2, 0.25) is 5.91 Å². The highest BCUT2D eigenvalue weighted by atomic mass is 35.5. The molecule has 1 aliphatic rings. The number of amides is 1. The second kappa shape index (κ2) is 6.87. The molecule has 3 aromatic rings. The van der Waals surface area contributed by atoms with Crippen LogP contribution in [0.3, 0.4) is 0 Å². The number of anilines is 1. The minimum atomic E-state index is -4.62. The summed E-state index contributed by atoms with van der Waals surface area (Å²) in [6.07, 6.45) is -4.62. The zero-order valence-electron chi connectivity index (χ0n) is 14.3. The van der Waals surface area contributed by atoms with Gasteiger partial charge >= 0.3 is 6.18 Å². The van der Waals surface area contributed by atoms with Gasteiger partial charge in [0.05, 0.1) is 16.5 Å². The molecule has 0 aromatic heterocycles. The summed E-state index contributed by atoms with van der Waals surface area (Å²) in [5.74, 6) is -0.105. The van der Waals surface area contributed by atoms with Gasteiger partial charge in [-0.15, -0.1) is 0 Å². The Bertz CT molecular complexity index is 1020. The Kier molecular flexibility index (Phi) is 4.51. The molecule has 1 amide bonds. The quantitative estimate of drug-likeness (QED) is 0.550. The molecule has 0 bridgehead atoms. The number of fused-ring (bicyclic) bond motifs is 2. The summed E-state index contributed by atoms with van der Waals surface area (Å²) in [6.45, 7) is 0. The fourth-order valence-electron chi connectivity index (χ4n) is 3.23. The van der Waals surface area contributed by atoms with Gasteiger partial charge in [0.15, 0.2) is 0 Å². The Morgan fingerprint density at radius 3 is 2.07 bits per heavy atom. The lowest BCUT2D eigenvalue weighted by Crippen LogP contribution is -2.25. The molecule has 4 rings (SSSR count). The van der Waals surface area contributed by atoms with Crippen molar-refractivity contribution in [2.24, 2.45) is 0 Å². The van der Waals surface area contributed by atoms with Gasteiger partial charge < -0.3 is 10.1 Å². The van der Waals surface area contributed by atoms with E-state index < -0.39 is 28.6 Å². The van der Waals surface area contributed by atoms with Crippen LogP contribution in [0, 0.1) is 0 Å². The van der Waals surface area contributed by atoms with Crippen molar-refractivity contribution >= 4 is 23.2 Å². The smallest absolute Gasteiger partial charge is 0.417 e. The lowest BCUT2D eigenvalue weighted by molar-refractivity contribution is -0.137. The van der Waals surface area contributed by atoms with Crippen molar-refractivity contribution in [3.05, 3.63) is 88.4 Å². The molecule has 0 radical (unpaired) electrons. The van der Waals surface area contributed by atoms with E-state index in [1.54, 1.807) is 48.5 Å². The number of rotatable bonds is 2. The topological polar surface area (TPSA) is 38.3 Å². The van der Waals surface area contributed by atoms with Crippen molar-refractivity contribution in [2.45, 2.75) is 12.1 Å². The summed E-state index contributed by atoms with van der Waals surface area (Å²) in [6, 6.07) is 17.4. The molecule has 3 nitrogen and oxygen atoms in total. The van der Waals surface area contributed by atoms with Crippen LogP contribution in [0.25, 0.3) is 0 Å². The van der Waals surface area contributed by atoms with E-state index in [0.29, 0.717) is 22.6 Å². The van der Waals surface area contributed by atoms with Crippen LogP contribution in [0.5, 0.6) is 11.5 Å². The van der Waals surface area contributed by atoms with Crippen LogP contribution in [0.4, 0.5) is 18.9 Å². The number of nitrogens with one attached hydrogen (secondary N) is 1. The molecule has 0 spiro atoms. The SMILES string of the molecule is O=C(Nc1ccc(Cl)c(C(F)(F)F)c1)C1c2ccccc2Oc2ccccc21. The van der Waals surface area contributed by atoms with Crippen LogP contribution in [-0.4, -0.2) is 5.91 Å². The van der Waals surface area contributed by atoms with Crippen LogP contribution in [-0.2, 0) is 11.0 Å². The Morgan fingerprint density at radius 2 is 1.50 bits per heavy atom. The molecule has 142 valence electrons. The third-order valence-corrected chi connectivity index (χ3v) is 4.81. The number of alkyl halides is 3. The fourth-order valence-corrected chi connectivity index (χ4v) is 3.45. The van der Waals surface area contributed by atoms with Gasteiger partial charge in [-0.05, 0) is 30.3 Å². The maximum atomic E-state index is 13.1. The van der Waals surface area contributed by atoms with Crippen LogP contribution >= 0.6 is 11.6 Å². The predicted molar refractivity (Wildman–Crippen MR) is 99.9 cm³/mol. The van der Waals surface area contributed by atoms with E-state index in [0.717, 1.165) is 12.1 Å². The molecule has 1 N–H and O–H groups in total. The van der Waals surface area contributed by atoms with E-state index in [2.05, 4.69) is 5.32 Å². The van der Waals surface area contributed by atoms with Crippen molar-refractivity contribution in [1.82, 2.24) is 0 Å². The van der Waals surface area contributed by atoms with E-state index in [4.69, 9.17) is 16.3 Å².